The number of piperidine rings is 2. The topological polar surface area (TPSA) is 42.3 Å². The van der Waals surface area contributed by atoms with Gasteiger partial charge in [0.05, 0.1) is 11.3 Å². The molecular formula is C26H26N2O2. The zero-order chi connectivity index (χ0) is 20.2. The molecule has 6 rings (SSSR count). The molecule has 0 saturated carbocycles. The molecule has 2 saturated heterocycles. The van der Waals surface area contributed by atoms with Gasteiger partial charge in [-0.3, -0.25) is 9.59 Å². The van der Waals surface area contributed by atoms with E-state index in [0.29, 0.717) is 29.5 Å². The van der Waals surface area contributed by atoms with Gasteiger partial charge in [0, 0.05) is 34.5 Å². The van der Waals surface area contributed by atoms with Crippen molar-refractivity contribution in [2.24, 2.45) is 5.92 Å². The normalized spacial score (nSPS) is 23.3. The van der Waals surface area contributed by atoms with Crippen LogP contribution < -0.4 is 5.56 Å². The summed E-state index contributed by atoms with van der Waals surface area (Å²) in [6, 6.07) is 15.9. The van der Waals surface area contributed by atoms with Gasteiger partial charge in [0.1, 0.15) is 0 Å². The minimum atomic E-state index is 0.0433. The molecule has 0 bridgehead atoms. The van der Waals surface area contributed by atoms with Crippen molar-refractivity contribution in [3.05, 3.63) is 70.0 Å². The number of hydrogen-bond donors (Lipinski definition) is 0. The van der Waals surface area contributed by atoms with Crippen molar-refractivity contribution in [3.8, 4) is 11.3 Å². The third kappa shape index (κ3) is 2.56. The van der Waals surface area contributed by atoms with Crippen molar-refractivity contribution in [3.63, 3.8) is 0 Å². The first-order chi connectivity index (χ1) is 14.7. The Balaban J connectivity index is 1.56. The van der Waals surface area contributed by atoms with Crippen LogP contribution in [0.15, 0.2) is 53.3 Å². The third-order valence-electron chi connectivity index (χ3n) is 7.48. The maximum absolute atomic E-state index is 13.7. The number of ketones is 1. The van der Waals surface area contributed by atoms with E-state index in [4.69, 9.17) is 0 Å². The Hall–Kier alpha value is -2.72. The molecule has 0 radical (unpaired) electrons. The molecule has 30 heavy (non-hydrogen) atoms. The van der Waals surface area contributed by atoms with Gasteiger partial charge >= 0.3 is 0 Å². The Morgan fingerprint density at radius 1 is 0.800 bits per heavy atom. The van der Waals surface area contributed by atoms with Crippen LogP contribution in [0.4, 0.5) is 0 Å². The van der Waals surface area contributed by atoms with Crippen LogP contribution in [0.1, 0.15) is 48.0 Å². The van der Waals surface area contributed by atoms with E-state index in [1.807, 2.05) is 53.1 Å². The van der Waals surface area contributed by atoms with E-state index in [9.17, 15) is 9.59 Å². The van der Waals surface area contributed by atoms with Gasteiger partial charge < -0.3 is 9.47 Å². The van der Waals surface area contributed by atoms with Gasteiger partial charge in [0.25, 0.3) is 5.56 Å². The summed E-state index contributed by atoms with van der Waals surface area (Å²) < 4.78 is 1.95. The van der Waals surface area contributed by atoms with Gasteiger partial charge in [-0.15, -0.1) is 0 Å². The molecule has 0 spiro atoms. The smallest absolute Gasteiger partial charge is 0.258 e. The molecule has 4 nitrogen and oxygen atoms in total. The lowest BCUT2D eigenvalue weighted by atomic mass is 9.83. The Kier molecular flexibility index (Phi) is 4.17. The van der Waals surface area contributed by atoms with Gasteiger partial charge in [-0.2, -0.15) is 0 Å². The number of carbonyl (C=O) groups excluding carboxylic acids is 1. The Bertz CT molecular complexity index is 1220. The Labute approximate surface area is 176 Å². The van der Waals surface area contributed by atoms with E-state index in [2.05, 4.69) is 4.90 Å². The fourth-order valence-electron chi connectivity index (χ4n) is 6.13. The second kappa shape index (κ2) is 6.92. The van der Waals surface area contributed by atoms with Crippen molar-refractivity contribution >= 4 is 16.6 Å². The third-order valence-corrected chi connectivity index (χ3v) is 7.48. The van der Waals surface area contributed by atoms with Crippen LogP contribution in [0.25, 0.3) is 22.0 Å². The van der Waals surface area contributed by atoms with E-state index in [1.165, 1.54) is 38.8 Å². The van der Waals surface area contributed by atoms with Crippen LogP contribution in [-0.4, -0.2) is 34.4 Å². The highest BCUT2D eigenvalue weighted by atomic mass is 16.1. The molecule has 2 aliphatic heterocycles. The van der Waals surface area contributed by atoms with Crippen LogP contribution in [-0.2, 0) is 6.54 Å². The quantitative estimate of drug-likeness (QED) is 0.500. The van der Waals surface area contributed by atoms with Crippen molar-refractivity contribution in [1.29, 1.82) is 0 Å². The molecule has 2 fully saturated rings. The number of pyridine rings is 1. The van der Waals surface area contributed by atoms with Gasteiger partial charge in [-0.05, 0) is 50.8 Å². The summed E-state index contributed by atoms with van der Waals surface area (Å²) >= 11 is 0. The van der Waals surface area contributed by atoms with Crippen LogP contribution in [0.5, 0.6) is 0 Å². The summed E-state index contributed by atoms with van der Waals surface area (Å²) in [5, 5.41) is 1.45. The first-order valence-electron chi connectivity index (χ1n) is 11.3. The van der Waals surface area contributed by atoms with Crippen LogP contribution in [0.3, 0.4) is 0 Å². The van der Waals surface area contributed by atoms with Crippen LogP contribution in [0.2, 0.25) is 0 Å². The first-order valence-corrected chi connectivity index (χ1v) is 11.3. The molecule has 2 atom stereocenters. The second-order valence-corrected chi connectivity index (χ2v) is 9.06. The fourth-order valence-corrected chi connectivity index (χ4v) is 6.13. The van der Waals surface area contributed by atoms with Crippen LogP contribution in [0, 0.1) is 5.92 Å². The van der Waals surface area contributed by atoms with Crippen molar-refractivity contribution in [1.82, 2.24) is 9.47 Å². The molecule has 0 unspecified atom stereocenters. The molecule has 0 N–H and O–H groups in total. The number of rotatable bonds is 2. The average molecular weight is 399 g/mol. The van der Waals surface area contributed by atoms with Gasteiger partial charge in [-0.25, -0.2) is 0 Å². The zero-order valence-electron chi connectivity index (χ0n) is 17.1. The van der Waals surface area contributed by atoms with Crippen molar-refractivity contribution in [2.75, 3.05) is 13.1 Å². The zero-order valence-corrected chi connectivity index (χ0v) is 17.1. The monoisotopic (exact) mass is 398 g/mol. The summed E-state index contributed by atoms with van der Waals surface area (Å²) in [6.45, 7) is 3.08. The van der Waals surface area contributed by atoms with Crippen LogP contribution >= 0.6 is 0 Å². The van der Waals surface area contributed by atoms with E-state index in [0.717, 1.165) is 28.6 Å². The summed E-state index contributed by atoms with van der Waals surface area (Å²) in [7, 11) is 0. The largest absolute Gasteiger partial charge is 0.307 e. The SMILES string of the molecule is O=C1c2ccccc2-c2c1c1ccccc1c(=O)n2C[C@@H]1CCCN2CCCC[C@H]12. The number of hydrogen-bond acceptors (Lipinski definition) is 3. The summed E-state index contributed by atoms with van der Waals surface area (Å²) in [5.74, 6) is 0.512. The predicted molar refractivity (Wildman–Crippen MR) is 119 cm³/mol. The summed E-state index contributed by atoms with van der Waals surface area (Å²) in [4.78, 5) is 29.7. The number of fused-ring (bicyclic) bond motifs is 6. The van der Waals surface area contributed by atoms with E-state index in [-0.39, 0.29) is 11.3 Å². The summed E-state index contributed by atoms with van der Waals surface area (Å²) in [5.41, 5.74) is 3.23. The molecule has 1 aliphatic carbocycles. The van der Waals surface area contributed by atoms with Crippen molar-refractivity contribution in [2.45, 2.75) is 44.7 Å². The lowest BCUT2D eigenvalue weighted by Crippen LogP contribution is -2.49. The van der Waals surface area contributed by atoms with Gasteiger partial charge in [0.2, 0.25) is 0 Å². The molecule has 4 heteroatoms. The summed E-state index contributed by atoms with van der Waals surface area (Å²) in [6.07, 6.45) is 6.15. The van der Waals surface area contributed by atoms with Crippen molar-refractivity contribution < 1.29 is 4.79 Å². The highest BCUT2D eigenvalue weighted by molar-refractivity contribution is 6.26. The second-order valence-electron chi connectivity index (χ2n) is 9.06. The number of benzene rings is 2. The lowest BCUT2D eigenvalue weighted by Gasteiger charge is -2.44. The molecule has 3 aliphatic rings. The van der Waals surface area contributed by atoms with Gasteiger partial charge in [-0.1, -0.05) is 48.9 Å². The lowest BCUT2D eigenvalue weighted by molar-refractivity contribution is 0.0517. The molecule has 0 amide bonds. The molecule has 3 heterocycles. The molecule has 1 aromatic heterocycles. The number of nitrogens with zero attached hydrogens (tertiary/aromatic N) is 2. The van der Waals surface area contributed by atoms with E-state index >= 15 is 0 Å². The maximum atomic E-state index is 13.7. The highest BCUT2D eigenvalue weighted by Crippen LogP contribution is 2.40. The predicted octanol–water partition coefficient (Wildman–Crippen LogP) is 4.48. The standard InChI is InChI=1S/C26H26N2O2/c29-25-20-11-3-2-10-19(20)24-23(25)18-9-1-4-12-21(18)26(30)28(24)16-17-8-7-15-27-14-6-5-13-22(17)27/h1-4,9-12,17,22H,5-8,13-16H2/t17-,22+/m0/s1. The minimum Gasteiger partial charge on any atom is -0.307 e. The highest BCUT2D eigenvalue weighted by Gasteiger charge is 2.36. The molecular weight excluding hydrogens is 372 g/mol. The number of carbonyl (C=O) groups is 1. The van der Waals surface area contributed by atoms with E-state index in [1.54, 1.807) is 0 Å². The van der Waals surface area contributed by atoms with Gasteiger partial charge in [0.15, 0.2) is 5.78 Å². The van der Waals surface area contributed by atoms with E-state index < -0.39 is 0 Å². The molecule has 152 valence electrons. The first kappa shape index (κ1) is 18.1. The average Bonchev–Trinajstić information content (AvgIpc) is 3.09. The fraction of sp³-hybridized carbons (Fsp3) is 0.385. The minimum absolute atomic E-state index is 0.0433. The Morgan fingerprint density at radius 3 is 2.40 bits per heavy atom. The number of aromatic nitrogens is 1. The molecule has 3 aromatic rings. The Morgan fingerprint density at radius 2 is 1.53 bits per heavy atom. The molecule has 2 aromatic carbocycles. The maximum Gasteiger partial charge on any atom is 0.258 e.